The summed E-state index contributed by atoms with van der Waals surface area (Å²) < 4.78 is 7.49. The summed E-state index contributed by atoms with van der Waals surface area (Å²) in [7, 11) is 1.68. The van der Waals surface area contributed by atoms with E-state index in [0.717, 1.165) is 69.5 Å². The molecule has 2 aromatic carbocycles. The quantitative estimate of drug-likeness (QED) is 0.261. The third kappa shape index (κ3) is 7.26. The van der Waals surface area contributed by atoms with E-state index in [1.807, 2.05) is 48.6 Å². The Morgan fingerprint density at radius 2 is 1.85 bits per heavy atom. The lowest BCUT2D eigenvalue weighted by Crippen LogP contribution is -2.25. The highest BCUT2D eigenvalue weighted by Crippen LogP contribution is 2.27. The van der Waals surface area contributed by atoms with Crippen LogP contribution in [0.5, 0.6) is 5.75 Å². The number of ether oxygens (including phenoxy) is 1. The number of halogens is 2. The Hall–Kier alpha value is -1.96. The number of rotatable bonds is 11. The predicted molar refractivity (Wildman–Crippen MR) is 147 cm³/mol. The fourth-order valence-corrected chi connectivity index (χ4v) is 4.88. The van der Waals surface area contributed by atoms with E-state index >= 15 is 0 Å². The van der Waals surface area contributed by atoms with Crippen molar-refractivity contribution in [2.75, 3.05) is 32.1 Å². The highest BCUT2D eigenvalue weighted by molar-refractivity contribution is 9.11. The molecule has 0 aliphatic carbocycles. The van der Waals surface area contributed by atoms with Gasteiger partial charge in [-0.2, -0.15) is 0 Å². The van der Waals surface area contributed by atoms with Crippen LogP contribution in [0.4, 0.5) is 5.82 Å². The number of anilines is 1. The van der Waals surface area contributed by atoms with Gasteiger partial charge in [-0.1, -0.05) is 57.8 Å². The molecule has 3 rings (SSSR count). The van der Waals surface area contributed by atoms with E-state index in [0.29, 0.717) is 11.9 Å². The summed E-state index contributed by atoms with van der Waals surface area (Å²) in [4.78, 5) is 12.1. The molecule has 0 aliphatic rings. The summed E-state index contributed by atoms with van der Waals surface area (Å²) in [5, 5.41) is 4.59. The van der Waals surface area contributed by atoms with Gasteiger partial charge in [0.05, 0.1) is 12.6 Å². The molecule has 1 aromatic heterocycles. The Morgan fingerprint density at radius 3 is 2.55 bits per heavy atom. The molecule has 0 bridgehead atoms. The van der Waals surface area contributed by atoms with Crippen LogP contribution < -0.4 is 10.1 Å². The van der Waals surface area contributed by atoms with Gasteiger partial charge in [-0.15, -0.1) is 0 Å². The van der Waals surface area contributed by atoms with Gasteiger partial charge in [0.1, 0.15) is 11.6 Å². The van der Waals surface area contributed by atoms with Gasteiger partial charge in [-0.05, 0) is 81.4 Å². The molecule has 33 heavy (non-hydrogen) atoms. The second-order valence-corrected chi connectivity index (χ2v) is 9.80. The maximum absolute atomic E-state index is 5.44. The number of benzene rings is 2. The van der Waals surface area contributed by atoms with Crippen LogP contribution in [-0.4, -0.2) is 47.7 Å². The second kappa shape index (κ2) is 12.5. The highest BCUT2D eigenvalue weighted by Gasteiger charge is 2.12. The van der Waals surface area contributed by atoms with Crippen molar-refractivity contribution in [1.82, 2.24) is 14.9 Å². The van der Waals surface area contributed by atoms with Crippen LogP contribution in [0, 0.1) is 0 Å². The van der Waals surface area contributed by atoms with Crippen molar-refractivity contribution in [2.24, 2.45) is 0 Å². The van der Waals surface area contributed by atoms with Crippen molar-refractivity contribution >= 4 is 60.7 Å². The van der Waals surface area contributed by atoms with Gasteiger partial charge in [0.2, 0.25) is 0 Å². The summed E-state index contributed by atoms with van der Waals surface area (Å²) in [6.45, 7) is 9.96. The lowest BCUT2D eigenvalue weighted by Gasteiger charge is -2.20. The van der Waals surface area contributed by atoms with Crippen LogP contribution in [0.15, 0.2) is 45.3 Å². The topological polar surface area (TPSA) is 50.3 Å². The molecule has 3 aromatic rings. The molecule has 1 atom stereocenters. The van der Waals surface area contributed by atoms with Crippen LogP contribution in [0.1, 0.15) is 45.0 Å². The minimum absolute atomic E-state index is 0.294. The van der Waals surface area contributed by atoms with Gasteiger partial charge >= 0.3 is 0 Å². The smallest absolute Gasteiger partial charge is 0.154 e. The monoisotopic (exact) mass is 574 g/mol. The zero-order valence-corrected chi connectivity index (χ0v) is 22.9. The zero-order chi connectivity index (χ0) is 23.8. The van der Waals surface area contributed by atoms with Gasteiger partial charge < -0.3 is 15.0 Å². The zero-order valence-electron chi connectivity index (χ0n) is 19.7. The largest absolute Gasteiger partial charge is 0.497 e. The maximum Gasteiger partial charge on any atom is 0.154 e. The SMILES string of the molecule is CCN(CC)CCC[C@H](C)Nc1nc(/C=C/c2ccc(Br)cc2Br)nc2ccc(OC)cc12. The molecule has 7 heteroatoms. The Bertz CT molecular complexity index is 1100. The van der Waals surface area contributed by atoms with Gasteiger partial charge in [0.25, 0.3) is 0 Å². The standard InChI is InChI=1S/C26H32Br2N4O/c1-5-32(6-2)15-7-8-18(3)29-26-22-17-21(33-4)12-13-24(22)30-25(31-26)14-10-19-9-11-20(27)16-23(19)28/h9-14,16-18H,5-8,15H2,1-4H3,(H,29,30,31)/b14-10+/t18-/m0/s1. The number of hydrogen-bond donors (Lipinski definition) is 1. The molecule has 0 radical (unpaired) electrons. The van der Waals surface area contributed by atoms with Crippen molar-refractivity contribution in [3.63, 3.8) is 0 Å². The lowest BCUT2D eigenvalue weighted by molar-refractivity contribution is 0.295. The summed E-state index contributed by atoms with van der Waals surface area (Å²) in [5.74, 6) is 2.30. The van der Waals surface area contributed by atoms with Gasteiger partial charge in [-0.25, -0.2) is 9.97 Å². The number of aromatic nitrogens is 2. The Labute approximate surface area is 213 Å². The number of nitrogens with zero attached hydrogens (tertiary/aromatic N) is 3. The minimum atomic E-state index is 0.294. The van der Waals surface area contributed by atoms with E-state index in [2.05, 4.69) is 62.8 Å². The lowest BCUT2D eigenvalue weighted by atomic mass is 10.1. The molecule has 0 amide bonds. The average Bonchev–Trinajstić information content (AvgIpc) is 2.81. The summed E-state index contributed by atoms with van der Waals surface area (Å²) in [5.41, 5.74) is 1.95. The van der Waals surface area contributed by atoms with E-state index in [1.54, 1.807) is 7.11 Å². The molecule has 176 valence electrons. The molecule has 0 fully saturated rings. The van der Waals surface area contributed by atoms with Crippen molar-refractivity contribution in [3.05, 3.63) is 56.7 Å². The first kappa shape index (κ1) is 25.7. The maximum atomic E-state index is 5.44. The van der Waals surface area contributed by atoms with Crippen LogP contribution in [-0.2, 0) is 0 Å². The first-order valence-corrected chi connectivity index (χ1v) is 13.0. The molecule has 1 heterocycles. The fraction of sp³-hybridized carbons (Fsp3) is 0.385. The van der Waals surface area contributed by atoms with E-state index in [4.69, 9.17) is 14.7 Å². The average molecular weight is 576 g/mol. The van der Waals surface area contributed by atoms with E-state index in [1.165, 1.54) is 0 Å². The number of fused-ring (bicyclic) bond motifs is 1. The normalized spacial score (nSPS) is 12.6. The van der Waals surface area contributed by atoms with Crippen LogP contribution in [0.3, 0.4) is 0 Å². The van der Waals surface area contributed by atoms with Gasteiger partial charge in [-0.3, -0.25) is 0 Å². The summed E-state index contributed by atoms with van der Waals surface area (Å²) in [6.07, 6.45) is 6.20. The fourth-order valence-electron chi connectivity index (χ4n) is 3.70. The van der Waals surface area contributed by atoms with E-state index < -0.39 is 0 Å². The van der Waals surface area contributed by atoms with Gasteiger partial charge in [0, 0.05) is 20.4 Å². The number of hydrogen-bond acceptors (Lipinski definition) is 5. The Morgan fingerprint density at radius 1 is 1.06 bits per heavy atom. The Balaban J connectivity index is 1.85. The van der Waals surface area contributed by atoms with Gasteiger partial charge in [0.15, 0.2) is 5.82 Å². The molecule has 0 spiro atoms. The van der Waals surface area contributed by atoms with Crippen LogP contribution in [0.25, 0.3) is 23.1 Å². The third-order valence-corrected chi connectivity index (χ3v) is 6.86. The number of nitrogens with one attached hydrogen (secondary N) is 1. The molecule has 0 saturated heterocycles. The van der Waals surface area contributed by atoms with Crippen molar-refractivity contribution < 1.29 is 4.74 Å². The minimum Gasteiger partial charge on any atom is -0.497 e. The molecule has 5 nitrogen and oxygen atoms in total. The first-order chi connectivity index (χ1) is 15.9. The molecule has 1 N–H and O–H groups in total. The molecule has 0 aliphatic heterocycles. The van der Waals surface area contributed by atoms with Crippen LogP contribution in [0.2, 0.25) is 0 Å². The van der Waals surface area contributed by atoms with E-state index in [-0.39, 0.29) is 0 Å². The van der Waals surface area contributed by atoms with Crippen LogP contribution >= 0.6 is 31.9 Å². The number of methoxy groups -OCH3 is 1. The molecular weight excluding hydrogens is 544 g/mol. The molecule has 0 saturated carbocycles. The van der Waals surface area contributed by atoms with Crippen molar-refractivity contribution in [3.8, 4) is 5.75 Å². The molecular formula is C26H32Br2N4O. The van der Waals surface area contributed by atoms with E-state index in [9.17, 15) is 0 Å². The second-order valence-electron chi connectivity index (χ2n) is 8.03. The summed E-state index contributed by atoms with van der Waals surface area (Å²) >= 11 is 7.11. The van der Waals surface area contributed by atoms with Crippen molar-refractivity contribution in [2.45, 2.75) is 39.7 Å². The highest BCUT2D eigenvalue weighted by atomic mass is 79.9. The Kier molecular flexibility index (Phi) is 9.71. The predicted octanol–water partition coefficient (Wildman–Crippen LogP) is 7.26. The molecule has 0 unspecified atom stereocenters. The first-order valence-electron chi connectivity index (χ1n) is 11.4. The van der Waals surface area contributed by atoms with Crippen molar-refractivity contribution in [1.29, 1.82) is 0 Å². The third-order valence-electron chi connectivity index (χ3n) is 5.68. The summed E-state index contributed by atoms with van der Waals surface area (Å²) in [6, 6.07) is 12.3.